The highest BCUT2D eigenvalue weighted by Crippen LogP contribution is 2.25. The second-order valence-corrected chi connectivity index (χ2v) is 4.79. The lowest BCUT2D eigenvalue weighted by Gasteiger charge is -2.24. The Kier molecular flexibility index (Phi) is 4.56. The van der Waals surface area contributed by atoms with Crippen LogP contribution in [0.4, 0.5) is 11.4 Å². The number of likely N-dealkylation sites (tertiary alicyclic amines) is 1. The summed E-state index contributed by atoms with van der Waals surface area (Å²) < 4.78 is 0. The number of aliphatic hydroxyl groups is 1. The second kappa shape index (κ2) is 6.19. The van der Waals surface area contributed by atoms with E-state index in [-0.39, 0.29) is 24.2 Å². The molecule has 1 saturated heterocycles. The number of nitrogens with one attached hydrogen (secondary N) is 2. The smallest absolute Gasteiger partial charge is 0.256 e. The lowest BCUT2D eigenvalue weighted by atomic mass is 10.1. The minimum atomic E-state index is -1.07. The van der Waals surface area contributed by atoms with E-state index >= 15 is 0 Å². The topological polar surface area (TPSA) is 100 Å². The van der Waals surface area contributed by atoms with Crippen molar-refractivity contribution in [2.45, 2.75) is 18.9 Å². The van der Waals surface area contributed by atoms with E-state index in [2.05, 4.69) is 5.32 Å². The van der Waals surface area contributed by atoms with Crippen molar-refractivity contribution < 1.29 is 20.3 Å². The summed E-state index contributed by atoms with van der Waals surface area (Å²) in [6.45, 7) is 0.518. The average molecular weight is 281 g/mol. The molecule has 1 heterocycles. The van der Waals surface area contributed by atoms with Crippen LogP contribution in [0.15, 0.2) is 18.2 Å². The van der Waals surface area contributed by atoms with Crippen LogP contribution < -0.4 is 10.5 Å². The van der Waals surface area contributed by atoms with Gasteiger partial charge in [-0.1, -0.05) is 0 Å². The van der Waals surface area contributed by atoms with Crippen molar-refractivity contribution >= 4 is 17.3 Å². The normalized spacial score (nSPS) is 20.0. The van der Waals surface area contributed by atoms with Gasteiger partial charge in [-0.2, -0.15) is 5.23 Å². The molecule has 0 bridgehead atoms. The molecular weight excluding hydrogens is 262 g/mol. The highest BCUT2D eigenvalue weighted by Gasteiger charge is 2.30. The Morgan fingerprint density at radius 3 is 2.95 bits per heavy atom. The number of nitrogens with zero attached hydrogens (tertiary/aromatic N) is 1. The van der Waals surface area contributed by atoms with Gasteiger partial charge in [0.15, 0.2) is 5.69 Å². The number of anilines is 1. The van der Waals surface area contributed by atoms with E-state index in [0.29, 0.717) is 17.8 Å². The molecule has 2 rings (SSSR count). The van der Waals surface area contributed by atoms with Crippen molar-refractivity contribution in [3.05, 3.63) is 29.0 Å². The molecule has 4 N–H and O–H groups in total. The Morgan fingerprint density at radius 1 is 1.60 bits per heavy atom. The van der Waals surface area contributed by atoms with Crippen molar-refractivity contribution in [2.24, 2.45) is 0 Å². The summed E-state index contributed by atoms with van der Waals surface area (Å²) in [6.07, 6.45) is 1.63. The lowest BCUT2D eigenvalue weighted by molar-refractivity contribution is -0.991. The van der Waals surface area contributed by atoms with Gasteiger partial charge in [0.2, 0.25) is 0 Å². The van der Waals surface area contributed by atoms with Crippen LogP contribution in [0.5, 0.6) is 0 Å². The summed E-state index contributed by atoms with van der Waals surface area (Å²) in [7, 11) is 1.68. The van der Waals surface area contributed by atoms with E-state index in [1.54, 1.807) is 18.0 Å². The van der Waals surface area contributed by atoms with Crippen molar-refractivity contribution in [3.8, 4) is 0 Å². The summed E-state index contributed by atoms with van der Waals surface area (Å²) >= 11 is 0. The molecule has 0 saturated carbocycles. The maximum atomic E-state index is 12.6. The fourth-order valence-corrected chi connectivity index (χ4v) is 2.52. The maximum absolute atomic E-state index is 12.6. The Labute approximate surface area is 117 Å². The monoisotopic (exact) mass is 281 g/mol. The summed E-state index contributed by atoms with van der Waals surface area (Å²) in [4.78, 5) is 14.2. The van der Waals surface area contributed by atoms with E-state index in [0.717, 1.165) is 12.8 Å². The number of amides is 1. The Morgan fingerprint density at radius 2 is 2.35 bits per heavy atom. The van der Waals surface area contributed by atoms with Crippen LogP contribution in [0.1, 0.15) is 23.2 Å². The van der Waals surface area contributed by atoms with Gasteiger partial charge in [0.05, 0.1) is 18.2 Å². The first-order chi connectivity index (χ1) is 9.58. The fraction of sp³-hybridized carbons (Fsp3) is 0.462. The number of hydrogen-bond acceptors (Lipinski definition) is 5. The maximum Gasteiger partial charge on any atom is 0.256 e. The molecule has 0 spiro atoms. The van der Waals surface area contributed by atoms with Gasteiger partial charge in [0.25, 0.3) is 5.91 Å². The third-order valence-corrected chi connectivity index (χ3v) is 3.62. The summed E-state index contributed by atoms with van der Waals surface area (Å²) in [6, 6.07) is 4.24. The van der Waals surface area contributed by atoms with Crippen molar-refractivity contribution in [1.29, 1.82) is 0 Å². The Balaban J connectivity index is 2.34. The van der Waals surface area contributed by atoms with E-state index in [1.807, 2.05) is 0 Å². The Hall–Kier alpha value is -1.67. The predicted molar refractivity (Wildman–Crippen MR) is 72.9 cm³/mol. The van der Waals surface area contributed by atoms with Gasteiger partial charge in [-0.3, -0.25) is 4.79 Å². The Bertz CT molecular complexity index is 493. The van der Waals surface area contributed by atoms with Crippen molar-refractivity contribution in [3.63, 3.8) is 0 Å². The molecule has 1 aromatic rings. The van der Waals surface area contributed by atoms with Gasteiger partial charge < -0.3 is 20.5 Å². The molecule has 110 valence electrons. The first-order valence-corrected chi connectivity index (χ1v) is 6.55. The number of benzene rings is 1. The number of hydrogen-bond donors (Lipinski definition) is 4. The van der Waals surface area contributed by atoms with E-state index in [4.69, 9.17) is 5.21 Å². The quantitative estimate of drug-likeness (QED) is 0.569. The third-order valence-electron chi connectivity index (χ3n) is 3.62. The number of quaternary nitrogens is 1. The first-order valence-electron chi connectivity index (χ1n) is 6.55. The molecule has 7 nitrogen and oxygen atoms in total. The highest BCUT2D eigenvalue weighted by atomic mass is 16.8. The molecule has 1 aliphatic rings. The average Bonchev–Trinajstić information content (AvgIpc) is 2.94. The van der Waals surface area contributed by atoms with Crippen LogP contribution >= 0.6 is 0 Å². The third kappa shape index (κ3) is 2.75. The van der Waals surface area contributed by atoms with E-state index in [1.165, 1.54) is 12.1 Å². The van der Waals surface area contributed by atoms with Gasteiger partial charge >= 0.3 is 0 Å². The molecule has 1 aromatic carbocycles. The van der Waals surface area contributed by atoms with E-state index in [9.17, 15) is 15.1 Å². The minimum absolute atomic E-state index is 0.0702. The van der Waals surface area contributed by atoms with Gasteiger partial charge in [-0.05, 0) is 18.9 Å². The van der Waals surface area contributed by atoms with Gasteiger partial charge in [-0.15, -0.1) is 0 Å². The summed E-state index contributed by atoms with van der Waals surface area (Å²) in [5.74, 6) is -0.242. The number of aliphatic hydroxyl groups excluding tert-OH is 1. The number of carbonyl (C=O) groups excluding carboxylic acids is 1. The molecule has 7 heteroatoms. The molecule has 0 aliphatic carbocycles. The lowest BCUT2D eigenvalue weighted by Crippen LogP contribution is -2.99. The number of carbonyl (C=O) groups is 1. The van der Waals surface area contributed by atoms with Gasteiger partial charge in [0.1, 0.15) is 0 Å². The van der Waals surface area contributed by atoms with Gasteiger partial charge in [-0.25, -0.2) is 5.21 Å². The first kappa shape index (κ1) is 14.7. The van der Waals surface area contributed by atoms with Gasteiger partial charge in [0, 0.05) is 31.4 Å². The number of rotatable bonds is 4. The highest BCUT2D eigenvalue weighted by molar-refractivity contribution is 6.00. The molecule has 0 radical (unpaired) electrons. The molecule has 20 heavy (non-hydrogen) atoms. The van der Waals surface area contributed by atoms with Crippen molar-refractivity contribution in [2.75, 3.05) is 25.5 Å². The van der Waals surface area contributed by atoms with E-state index < -0.39 is 5.23 Å². The fourth-order valence-electron chi connectivity index (χ4n) is 2.52. The molecule has 2 atom stereocenters. The zero-order chi connectivity index (χ0) is 14.7. The van der Waals surface area contributed by atoms with Crippen molar-refractivity contribution in [1.82, 2.24) is 4.90 Å². The van der Waals surface area contributed by atoms with Crippen LogP contribution in [0.25, 0.3) is 0 Å². The molecule has 1 aliphatic heterocycles. The van der Waals surface area contributed by atoms with Crippen LogP contribution in [0, 0.1) is 5.21 Å². The zero-order valence-corrected chi connectivity index (χ0v) is 11.3. The zero-order valence-electron chi connectivity index (χ0n) is 11.3. The van der Waals surface area contributed by atoms with Crippen LogP contribution in [-0.4, -0.2) is 47.4 Å². The summed E-state index contributed by atoms with van der Waals surface area (Å²) in [5.41, 5.74) is 0.989. The van der Waals surface area contributed by atoms with Crippen LogP contribution in [0.3, 0.4) is 0 Å². The summed E-state index contributed by atoms with van der Waals surface area (Å²) in [5, 5.41) is 31.2. The molecule has 2 unspecified atom stereocenters. The van der Waals surface area contributed by atoms with Crippen LogP contribution in [0.2, 0.25) is 0 Å². The largest absolute Gasteiger partial charge is 0.595 e. The van der Waals surface area contributed by atoms with Crippen LogP contribution in [-0.2, 0) is 0 Å². The SMILES string of the molecule is CNc1ccc([NH+]([O-])O)cc1C(=O)N1CCCC1CO. The molecule has 1 fully saturated rings. The predicted octanol–water partition coefficient (Wildman–Crippen LogP) is -0.271. The molecule has 0 aromatic heterocycles. The molecule has 1 amide bonds. The standard InChI is InChI=1S/C13H19N3O4/c1-14-12-5-4-9(16(19)20)7-11(12)13(18)15-6-2-3-10(15)8-17/h4-5,7,10,14,16-17,19H,2-3,6,8H2,1H3. The second-order valence-electron chi connectivity index (χ2n) is 4.79. The molecular formula is C13H19N3O4. The minimum Gasteiger partial charge on any atom is -0.595 e.